The maximum atomic E-state index is 10.8. The second kappa shape index (κ2) is 5.83. The van der Waals surface area contributed by atoms with Crippen molar-refractivity contribution in [1.82, 2.24) is 0 Å². The van der Waals surface area contributed by atoms with Crippen molar-refractivity contribution in [3.8, 4) is 11.8 Å². The van der Waals surface area contributed by atoms with E-state index in [2.05, 4.69) is 22.0 Å². The molecule has 18 heavy (non-hydrogen) atoms. The first-order valence-corrected chi connectivity index (χ1v) is 6.13. The summed E-state index contributed by atoms with van der Waals surface area (Å²) in [6.07, 6.45) is 0.511. The molecule has 5 nitrogen and oxygen atoms in total. The second-order valence-electron chi connectivity index (χ2n) is 4.46. The molecular formula is C12H13BrN2O3. The maximum Gasteiger partial charge on any atom is 0.312 e. The van der Waals surface area contributed by atoms with Gasteiger partial charge in [-0.1, -0.05) is 15.9 Å². The monoisotopic (exact) mass is 312 g/mol. The smallest absolute Gasteiger partial charge is 0.312 e. The van der Waals surface area contributed by atoms with Crippen LogP contribution in [0.25, 0.3) is 0 Å². The Balaban J connectivity index is 2.74. The van der Waals surface area contributed by atoms with E-state index < -0.39 is 10.3 Å². The molecule has 0 unspecified atom stereocenters. The molecule has 1 aromatic carbocycles. The van der Waals surface area contributed by atoms with Crippen molar-refractivity contribution in [3.63, 3.8) is 0 Å². The number of ether oxygens (including phenoxy) is 1. The van der Waals surface area contributed by atoms with Crippen LogP contribution in [0.4, 0.5) is 5.69 Å². The first-order valence-electron chi connectivity index (χ1n) is 5.34. The maximum absolute atomic E-state index is 10.8. The minimum absolute atomic E-state index is 0.0841. The highest BCUT2D eigenvalue weighted by atomic mass is 79.9. The summed E-state index contributed by atoms with van der Waals surface area (Å²) < 4.78 is 6.00. The summed E-state index contributed by atoms with van der Waals surface area (Å²) in [7, 11) is 0. The number of hydrogen-bond acceptors (Lipinski definition) is 4. The van der Waals surface area contributed by atoms with Gasteiger partial charge in [0, 0.05) is 10.5 Å². The fourth-order valence-corrected chi connectivity index (χ4v) is 1.58. The highest BCUT2D eigenvalue weighted by Crippen LogP contribution is 2.30. The molecule has 0 radical (unpaired) electrons. The molecule has 0 heterocycles. The van der Waals surface area contributed by atoms with Crippen LogP contribution in [0.1, 0.15) is 20.3 Å². The molecule has 0 aliphatic rings. The van der Waals surface area contributed by atoms with Crippen molar-refractivity contribution in [3.05, 3.63) is 32.8 Å². The molecule has 0 aliphatic heterocycles. The second-order valence-corrected chi connectivity index (χ2v) is 5.38. The summed E-state index contributed by atoms with van der Waals surface area (Å²) in [5, 5.41) is 19.7. The summed E-state index contributed by atoms with van der Waals surface area (Å²) in [6, 6.07) is 6.77. The van der Waals surface area contributed by atoms with Crippen molar-refractivity contribution >= 4 is 21.6 Å². The molecule has 0 aliphatic carbocycles. The zero-order valence-electron chi connectivity index (χ0n) is 10.1. The number of nitro groups is 1. The van der Waals surface area contributed by atoms with Gasteiger partial charge in [-0.2, -0.15) is 5.26 Å². The Morgan fingerprint density at radius 2 is 2.22 bits per heavy atom. The third-order valence-electron chi connectivity index (χ3n) is 2.40. The first kappa shape index (κ1) is 14.5. The van der Waals surface area contributed by atoms with E-state index in [4.69, 9.17) is 10.00 Å². The van der Waals surface area contributed by atoms with Crippen molar-refractivity contribution in [1.29, 1.82) is 5.26 Å². The molecule has 0 amide bonds. The van der Waals surface area contributed by atoms with Gasteiger partial charge in [0.2, 0.25) is 0 Å². The topological polar surface area (TPSA) is 76.2 Å². The molecule has 0 bridgehead atoms. The quantitative estimate of drug-likeness (QED) is 0.614. The number of halogens is 1. The number of hydrogen-bond donors (Lipinski definition) is 0. The zero-order valence-corrected chi connectivity index (χ0v) is 11.7. The van der Waals surface area contributed by atoms with E-state index in [0.717, 1.165) is 0 Å². The Morgan fingerprint density at radius 1 is 1.56 bits per heavy atom. The highest BCUT2D eigenvalue weighted by molar-refractivity contribution is 9.10. The minimum Gasteiger partial charge on any atom is -0.487 e. The predicted octanol–water partition coefficient (Wildman–Crippen LogP) is 3.68. The van der Waals surface area contributed by atoms with Gasteiger partial charge in [0.1, 0.15) is 0 Å². The van der Waals surface area contributed by atoms with E-state index in [0.29, 0.717) is 10.9 Å². The summed E-state index contributed by atoms with van der Waals surface area (Å²) >= 11 is 3.17. The molecule has 0 N–H and O–H groups in total. The standard InChI is InChI=1S/C12H13BrN2O3/c1-12(2,8-14)5-6-18-11-4-3-9(13)7-10(11)15(16)17/h3-4,7H,5-6H2,1-2H3. The van der Waals surface area contributed by atoms with Crippen molar-refractivity contribution in [2.24, 2.45) is 5.41 Å². The van der Waals surface area contributed by atoms with Gasteiger partial charge in [0.15, 0.2) is 5.75 Å². The van der Waals surface area contributed by atoms with Gasteiger partial charge in [-0.3, -0.25) is 10.1 Å². The Morgan fingerprint density at radius 3 is 2.78 bits per heavy atom. The van der Waals surface area contributed by atoms with E-state index in [9.17, 15) is 10.1 Å². The fourth-order valence-electron chi connectivity index (χ4n) is 1.23. The molecule has 0 atom stereocenters. The molecule has 0 saturated heterocycles. The summed E-state index contributed by atoms with van der Waals surface area (Å²) in [6.45, 7) is 3.86. The van der Waals surface area contributed by atoms with Crippen LogP contribution in [0, 0.1) is 26.9 Å². The average molecular weight is 313 g/mol. The fraction of sp³-hybridized carbons (Fsp3) is 0.417. The van der Waals surface area contributed by atoms with E-state index in [1.165, 1.54) is 6.07 Å². The Kier molecular flexibility index (Phi) is 4.68. The lowest BCUT2D eigenvalue weighted by molar-refractivity contribution is -0.386. The molecular weight excluding hydrogens is 300 g/mol. The van der Waals surface area contributed by atoms with Crippen LogP contribution in [-0.2, 0) is 0 Å². The van der Waals surface area contributed by atoms with E-state index in [1.54, 1.807) is 26.0 Å². The van der Waals surface area contributed by atoms with Crippen LogP contribution in [0.5, 0.6) is 5.75 Å². The van der Waals surface area contributed by atoms with Gasteiger partial charge in [0.05, 0.1) is 23.0 Å². The van der Waals surface area contributed by atoms with Gasteiger partial charge in [-0.15, -0.1) is 0 Å². The van der Waals surface area contributed by atoms with Crippen molar-refractivity contribution in [2.75, 3.05) is 6.61 Å². The molecule has 96 valence electrons. The number of rotatable bonds is 5. The average Bonchev–Trinajstić information content (AvgIpc) is 2.30. The van der Waals surface area contributed by atoms with E-state index in [1.807, 2.05) is 0 Å². The summed E-state index contributed by atoms with van der Waals surface area (Å²) in [4.78, 5) is 10.4. The van der Waals surface area contributed by atoms with Crippen LogP contribution in [0.15, 0.2) is 22.7 Å². The minimum atomic E-state index is -0.496. The molecule has 1 rings (SSSR count). The summed E-state index contributed by atoms with van der Waals surface area (Å²) in [5.74, 6) is 0.219. The van der Waals surface area contributed by atoms with Gasteiger partial charge in [-0.05, 0) is 32.4 Å². The van der Waals surface area contributed by atoms with Crippen LogP contribution in [-0.4, -0.2) is 11.5 Å². The SMILES string of the molecule is CC(C)(C#N)CCOc1ccc(Br)cc1[N+](=O)[O-]. The van der Waals surface area contributed by atoms with E-state index >= 15 is 0 Å². The van der Waals surface area contributed by atoms with Crippen LogP contribution >= 0.6 is 15.9 Å². The number of nitro benzene ring substituents is 1. The number of nitriles is 1. The highest BCUT2D eigenvalue weighted by Gasteiger charge is 2.19. The molecule has 0 saturated carbocycles. The van der Waals surface area contributed by atoms with Crippen LogP contribution < -0.4 is 4.74 Å². The zero-order chi connectivity index (χ0) is 13.8. The van der Waals surface area contributed by atoms with Gasteiger partial charge in [0.25, 0.3) is 0 Å². The Labute approximate surface area is 114 Å². The normalized spacial score (nSPS) is 10.8. The summed E-state index contributed by atoms with van der Waals surface area (Å²) in [5.41, 5.74) is -0.580. The third-order valence-corrected chi connectivity index (χ3v) is 2.90. The predicted molar refractivity (Wildman–Crippen MR) is 70.3 cm³/mol. The molecule has 0 fully saturated rings. The van der Waals surface area contributed by atoms with Crippen molar-refractivity contribution in [2.45, 2.75) is 20.3 Å². The van der Waals surface area contributed by atoms with E-state index in [-0.39, 0.29) is 18.0 Å². The van der Waals surface area contributed by atoms with Gasteiger partial charge < -0.3 is 4.74 Å². The van der Waals surface area contributed by atoms with Gasteiger partial charge in [-0.25, -0.2) is 0 Å². The van der Waals surface area contributed by atoms with Gasteiger partial charge >= 0.3 is 5.69 Å². The lowest BCUT2D eigenvalue weighted by atomic mass is 9.92. The Bertz CT molecular complexity index is 495. The molecule has 6 heteroatoms. The lowest BCUT2D eigenvalue weighted by Crippen LogP contribution is -2.13. The third kappa shape index (κ3) is 4.00. The molecule has 1 aromatic rings. The largest absolute Gasteiger partial charge is 0.487 e. The van der Waals surface area contributed by atoms with Crippen LogP contribution in [0.2, 0.25) is 0 Å². The molecule has 0 aromatic heterocycles. The first-order chi connectivity index (χ1) is 8.35. The van der Waals surface area contributed by atoms with Crippen molar-refractivity contribution < 1.29 is 9.66 Å². The lowest BCUT2D eigenvalue weighted by Gasteiger charge is -2.15. The Hall–Kier alpha value is -1.61. The number of benzene rings is 1. The molecule has 0 spiro atoms. The van der Waals surface area contributed by atoms with Crippen LogP contribution in [0.3, 0.4) is 0 Å². The number of nitrogens with zero attached hydrogens (tertiary/aromatic N) is 2.